The van der Waals surface area contributed by atoms with E-state index in [0.29, 0.717) is 18.8 Å². The maximum atomic E-state index is 11.7. The van der Waals surface area contributed by atoms with Crippen molar-refractivity contribution in [1.29, 1.82) is 0 Å². The number of carbonyl (C=O) groups is 1. The summed E-state index contributed by atoms with van der Waals surface area (Å²) < 4.78 is 0. The lowest BCUT2D eigenvalue weighted by atomic mass is 10.1. The van der Waals surface area contributed by atoms with E-state index in [1.807, 2.05) is 22.4 Å². The lowest BCUT2D eigenvalue weighted by Gasteiger charge is -2.15. The summed E-state index contributed by atoms with van der Waals surface area (Å²) in [6, 6.07) is 8.24. The van der Waals surface area contributed by atoms with Crippen molar-refractivity contribution < 1.29 is 4.79 Å². The number of alkyl halides is 1. The van der Waals surface area contributed by atoms with E-state index in [4.69, 9.17) is 11.6 Å². The Bertz CT molecular complexity index is 626. The molecule has 20 heavy (non-hydrogen) atoms. The molecule has 3 rings (SSSR count). The molecule has 1 aromatic carbocycles. The number of rotatable bonds is 4. The van der Waals surface area contributed by atoms with Crippen LogP contribution in [0.4, 0.5) is 0 Å². The molecule has 1 aromatic heterocycles. The van der Waals surface area contributed by atoms with Crippen LogP contribution in [0.15, 0.2) is 29.6 Å². The smallest absolute Gasteiger partial charge is 0.222 e. The van der Waals surface area contributed by atoms with Crippen LogP contribution in [-0.4, -0.2) is 22.3 Å². The molecule has 1 amide bonds. The summed E-state index contributed by atoms with van der Waals surface area (Å²) in [6.07, 6.45) is 1.66. The predicted molar refractivity (Wildman–Crippen MR) is 81.8 cm³/mol. The van der Waals surface area contributed by atoms with E-state index in [0.717, 1.165) is 34.8 Å². The standard InChI is InChI=1S/C15H15ClN2OS/c16-8-13-10-20-15(17-13)12-4-1-3-11(7-12)9-18-6-2-5-14(18)19/h1,3-4,7,10H,2,5-6,8-9H2. The molecule has 104 valence electrons. The summed E-state index contributed by atoms with van der Waals surface area (Å²) in [7, 11) is 0. The average Bonchev–Trinajstić information content (AvgIpc) is 3.09. The molecule has 0 bridgehead atoms. The van der Waals surface area contributed by atoms with Crippen LogP contribution in [0.1, 0.15) is 24.1 Å². The van der Waals surface area contributed by atoms with Crippen LogP contribution >= 0.6 is 22.9 Å². The molecule has 1 saturated heterocycles. The number of aromatic nitrogens is 1. The number of carbonyl (C=O) groups excluding carboxylic acids is 1. The normalized spacial score (nSPS) is 15.1. The Morgan fingerprint density at radius 1 is 1.40 bits per heavy atom. The van der Waals surface area contributed by atoms with Crippen LogP contribution < -0.4 is 0 Å². The van der Waals surface area contributed by atoms with Gasteiger partial charge in [0.05, 0.1) is 11.6 Å². The van der Waals surface area contributed by atoms with Crippen molar-refractivity contribution in [2.75, 3.05) is 6.54 Å². The number of hydrogen-bond acceptors (Lipinski definition) is 3. The maximum absolute atomic E-state index is 11.7. The van der Waals surface area contributed by atoms with Gasteiger partial charge in [-0.2, -0.15) is 0 Å². The number of hydrogen-bond donors (Lipinski definition) is 0. The highest BCUT2D eigenvalue weighted by Gasteiger charge is 2.20. The zero-order valence-electron chi connectivity index (χ0n) is 11.0. The topological polar surface area (TPSA) is 33.2 Å². The van der Waals surface area contributed by atoms with Gasteiger partial charge < -0.3 is 4.90 Å². The predicted octanol–water partition coefficient (Wildman–Crippen LogP) is 3.67. The second kappa shape index (κ2) is 5.94. The third-order valence-corrected chi connectivity index (χ3v) is 4.62. The highest BCUT2D eigenvalue weighted by atomic mass is 35.5. The van der Waals surface area contributed by atoms with Crippen LogP contribution in [0.25, 0.3) is 10.6 Å². The van der Waals surface area contributed by atoms with Crippen LogP contribution in [0.2, 0.25) is 0 Å². The summed E-state index contributed by atoms with van der Waals surface area (Å²) in [6.45, 7) is 1.57. The molecular weight excluding hydrogens is 292 g/mol. The van der Waals surface area contributed by atoms with Crippen molar-refractivity contribution in [3.05, 3.63) is 40.9 Å². The van der Waals surface area contributed by atoms with Crippen LogP contribution in [0, 0.1) is 0 Å². The Balaban J connectivity index is 1.80. The molecule has 0 spiro atoms. The van der Waals surface area contributed by atoms with Gasteiger partial charge in [0.25, 0.3) is 0 Å². The first-order valence-corrected chi connectivity index (χ1v) is 8.05. The fourth-order valence-electron chi connectivity index (χ4n) is 2.40. The summed E-state index contributed by atoms with van der Waals surface area (Å²) in [5.74, 6) is 0.701. The number of thiazole rings is 1. The average molecular weight is 307 g/mol. The molecule has 2 heterocycles. The van der Waals surface area contributed by atoms with E-state index in [9.17, 15) is 4.79 Å². The van der Waals surface area contributed by atoms with E-state index >= 15 is 0 Å². The number of nitrogens with zero attached hydrogens (tertiary/aromatic N) is 2. The molecule has 1 fully saturated rings. The van der Waals surface area contributed by atoms with E-state index in [2.05, 4.69) is 17.1 Å². The van der Waals surface area contributed by atoms with Gasteiger partial charge in [0, 0.05) is 30.5 Å². The zero-order chi connectivity index (χ0) is 13.9. The first-order valence-electron chi connectivity index (χ1n) is 6.64. The zero-order valence-corrected chi connectivity index (χ0v) is 12.6. The quantitative estimate of drug-likeness (QED) is 0.808. The highest BCUT2D eigenvalue weighted by molar-refractivity contribution is 7.13. The van der Waals surface area contributed by atoms with Gasteiger partial charge in [-0.05, 0) is 18.1 Å². The molecule has 0 N–H and O–H groups in total. The number of benzene rings is 1. The molecule has 0 saturated carbocycles. The molecule has 5 heteroatoms. The van der Waals surface area contributed by atoms with E-state index < -0.39 is 0 Å². The number of halogens is 1. The van der Waals surface area contributed by atoms with Gasteiger partial charge in [0.2, 0.25) is 5.91 Å². The molecule has 2 aromatic rings. The minimum Gasteiger partial charge on any atom is -0.338 e. The monoisotopic (exact) mass is 306 g/mol. The Kier molecular flexibility index (Phi) is 4.03. The van der Waals surface area contributed by atoms with Gasteiger partial charge in [-0.1, -0.05) is 18.2 Å². The molecule has 0 radical (unpaired) electrons. The van der Waals surface area contributed by atoms with Crippen molar-refractivity contribution in [3.63, 3.8) is 0 Å². The number of amides is 1. The Morgan fingerprint density at radius 3 is 3.00 bits per heavy atom. The van der Waals surface area contributed by atoms with Crippen molar-refractivity contribution in [1.82, 2.24) is 9.88 Å². The van der Waals surface area contributed by atoms with Crippen molar-refractivity contribution in [2.24, 2.45) is 0 Å². The summed E-state index contributed by atoms with van der Waals surface area (Å²) >= 11 is 7.39. The third-order valence-electron chi connectivity index (χ3n) is 3.41. The van der Waals surface area contributed by atoms with Gasteiger partial charge in [0.1, 0.15) is 5.01 Å². The van der Waals surface area contributed by atoms with Gasteiger partial charge in [0.15, 0.2) is 0 Å². The van der Waals surface area contributed by atoms with Crippen LogP contribution in [-0.2, 0) is 17.2 Å². The first kappa shape index (κ1) is 13.6. The second-order valence-electron chi connectivity index (χ2n) is 4.90. The molecule has 3 nitrogen and oxygen atoms in total. The molecule has 0 atom stereocenters. The minimum atomic E-state index is 0.258. The summed E-state index contributed by atoms with van der Waals surface area (Å²) in [5, 5.41) is 2.97. The van der Waals surface area contributed by atoms with E-state index in [-0.39, 0.29) is 5.91 Å². The van der Waals surface area contributed by atoms with Gasteiger partial charge in [-0.3, -0.25) is 4.79 Å². The molecule has 0 aliphatic carbocycles. The third kappa shape index (κ3) is 2.86. The molecular formula is C15H15ClN2OS. The number of likely N-dealkylation sites (tertiary alicyclic amines) is 1. The highest BCUT2D eigenvalue weighted by Crippen LogP contribution is 2.26. The Labute approximate surface area is 127 Å². The van der Waals surface area contributed by atoms with Gasteiger partial charge in [-0.25, -0.2) is 4.98 Å². The SMILES string of the molecule is O=C1CCCN1Cc1cccc(-c2nc(CCl)cs2)c1. The van der Waals surface area contributed by atoms with Gasteiger partial charge >= 0.3 is 0 Å². The molecule has 0 unspecified atom stereocenters. The Morgan fingerprint density at radius 2 is 2.30 bits per heavy atom. The van der Waals surface area contributed by atoms with Crippen molar-refractivity contribution >= 4 is 28.8 Å². The fourth-order valence-corrected chi connectivity index (χ4v) is 3.44. The second-order valence-corrected chi connectivity index (χ2v) is 6.02. The largest absolute Gasteiger partial charge is 0.338 e. The minimum absolute atomic E-state index is 0.258. The summed E-state index contributed by atoms with van der Waals surface area (Å²) in [4.78, 5) is 18.1. The van der Waals surface area contributed by atoms with Crippen LogP contribution in [0.3, 0.4) is 0 Å². The first-order chi connectivity index (χ1) is 9.76. The molecule has 1 aliphatic rings. The summed E-state index contributed by atoms with van der Waals surface area (Å²) in [5.41, 5.74) is 3.16. The van der Waals surface area contributed by atoms with E-state index in [1.165, 1.54) is 0 Å². The van der Waals surface area contributed by atoms with Crippen molar-refractivity contribution in [2.45, 2.75) is 25.3 Å². The Hall–Kier alpha value is -1.39. The van der Waals surface area contributed by atoms with Gasteiger partial charge in [-0.15, -0.1) is 22.9 Å². The van der Waals surface area contributed by atoms with Crippen molar-refractivity contribution in [3.8, 4) is 10.6 Å². The molecule has 1 aliphatic heterocycles. The maximum Gasteiger partial charge on any atom is 0.222 e. The fraction of sp³-hybridized carbons (Fsp3) is 0.333. The lowest BCUT2D eigenvalue weighted by Crippen LogP contribution is -2.23. The van der Waals surface area contributed by atoms with Crippen LogP contribution in [0.5, 0.6) is 0 Å². The lowest BCUT2D eigenvalue weighted by molar-refractivity contribution is -0.128. The van der Waals surface area contributed by atoms with E-state index in [1.54, 1.807) is 11.3 Å².